The molecule has 3 heteroatoms. The van der Waals surface area contributed by atoms with Crippen molar-refractivity contribution in [3.63, 3.8) is 0 Å². The van der Waals surface area contributed by atoms with Gasteiger partial charge in [0.2, 0.25) is 0 Å². The van der Waals surface area contributed by atoms with Crippen molar-refractivity contribution in [1.82, 2.24) is 4.98 Å². The quantitative estimate of drug-likeness (QED) is 0.803. The third kappa shape index (κ3) is 1.73. The molecular formula is C15H21ClN2. The van der Waals surface area contributed by atoms with E-state index in [9.17, 15) is 0 Å². The number of hydrogen-bond acceptors (Lipinski definition) is 2. The summed E-state index contributed by atoms with van der Waals surface area (Å²) < 4.78 is 0. The highest BCUT2D eigenvalue weighted by atomic mass is 35.5. The molecule has 2 saturated carbocycles. The minimum Gasteiger partial charge on any atom is -0.380 e. The number of anilines is 1. The number of fused-ring (bicyclic) bond motifs is 2. The van der Waals surface area contributed by atoms with E-state index in [1.165, 1.54) is 19.3 Å². The molecule has 1 heterocycles. The molecule has 1 N–H and O–H groups in total. The van der Waals surface area contributed by atoms with Crippen molar-refractivity contribution in [2.24, 2.45) is 16.7 Å². The topological polar surface area (TPSA) is 24.9 Å². The first-order valence-corrected chi connectivity index (χ1v) is 7.18. The van der Waals surface area contributed by atoms with Gasteiger partial charge in [0, 0.05) is 6.04 Å². The molecule has 1 aromatic heterocycles. The summed E-state index contributed by atoms with van der Waals surface area (Å²) in [5.74, 6) is 0.861. The minimum absolute atomic E-state index is 0.368. The van der Waals surface area contributed by atoms with Gasteiger partial charge < -0.3 is 5.32 Å². The van der Waals surface area contributed by atoms with Gasteiger partial charge in [-0.3, -0.25) is 0 Å². The van der Waals surface area contributed by atoms with Crippen LogP contribution in [0, 0.1) is 16.7 Å². The Labute approximate surface area is 114 Å². The maximum atomic E-state index is 5.84. The number of hydrogen-bond donors (Lipinski definition) is 1. The van der Waals surface area contributed by atoms with Gasteiger partial charge in [-0.1, -0.05) is 32.4 Å². The Morgan fingerprint density at radius 2 is 2.11 bits per heavy atom. The van der Waals surface area contributed by atoms with Crippen LogP contribution in [0.4, 0.5) is 5.69 Å². The highest BCUT2D eigenvalue weighted by molar-refractivity contribution is 6.29. The third-order valence-corrected chi connectivity index (χ3v) is 5.53. The summed E-state index contributed by atoms with van der Waals surface area (Å²) in [5.41, 5.74) is 1.90. The molecule has 3 rings (SSSR count). The molecule has 98 valence electrons. The summed E-state index contributed by atoms with van der Waals surface area (Å²) in [6.45, 7) is 7.24. The van der Waals surface area contributed by atoms with Crippen molar-refractivity contribution >= 4 is 17.3 Å². The fraction of sp³-hybridized carbons (Fsp3) is 0.667. The Morgan fingerprint density at radius 3 is 2.67 bits per heavy atom. The molecule has 3 atom stereocenters. The van der Waals surface area contributed by atoms with Crippen molar-refractivity contribution in [2.45, 2.75) is 46.1 Å². The molecule has 2 bridgehead atoms. The average Bonchev–Trinajstić information content (AvgIpc) is 2.78. The smallest absolute Gasteiger partial charge is 0.129 e. The molecule has 18 heavy (non-hydrogen) atoms. The van der Waals surface area contributed by atoms with Crippen molar-refractivity contribution in [3.8, 4) is 0 Å². The molecule has 1 unspecified atom stereocenters. The second-order valence-electron chi connectivity index (χ2n) is 6.86. The van der Waals surface area contributed by atoms with E-state index in [1.807, 2.05) is 18.3 Å². The molecule has 0 radical (unpaired) electrons. The average molecular weight is 265 g/mol. The van der Waals surface area contributed by atoms with Crippen molar-refractivity contribution in [1.29, 1.82) is 0 Å². The van der Waals surface area contributed by atoms with Gasteiger partial charge in [0.1, 0.15) is 5.15 Å². The molecular weight excluding hydrogens is 244 g/mol. The Bertz CT molecular complexity index is 449. The Kier molecular flexibility index (Phi) is 2.64. The van der Waals surface area contributed by atoms with Gasteiger partial charge in [0.05, 0.1) is 11.9 Å². The molecule has 0 aliphatic heterocycles. The van der Waals surface area contributed by atoms with E-state index in [2.05, 4.69) is 31.1 Å². The zero-order valence-corrected chi connectivity index (χ0v) is 12.1. The van der Waals surface area contributed by atoms with Gasteiger partial charge in [-0.15, -0.1) is 0 Å². The van der Waals surface area contributed by atoms with Crippen LogP contribution in [0.5, 0.6) is 0 Å². The SMILES string of the molecule is CC1(C)C(Nc2ccc(Cl)nc2)[C@]2(C)CC[C@H]1C2. The van der Waals surface area contributed by atoms with E-state index in [-0.39, 0.29) is 0 Å². The van der Waals surface area contributed by atoms with E-state index in [0.29, 0.717) is 22.0 Å². The second kappa shape index (κ2) is 3.86. The predicted molar refractivity (Wildman–Crippen MR) is 75.9 cm³/mol. The van der Waals surface area contributed by atoms with Gasteiger partial charge in [-0.2, -0.15) is 0 Å². The minimum atomic E-state index is 0.368. The van der Waals surface area contributed by atoms with Crippen LogP contribution in [-0.4, -0.2) is 11.0 Å². The molecule has 1 aromatic rings. The first-order chi connectivity index (χ1) is 8.42. The van der Waals surface area contributed by atoms with Crippen LogP contribution in [0.25, 0.3) is 0 Å². The summed E-state index contributed by atoms with van der Waals surface area (Å²) >= 11 is 5.84. The summed E-state index contributed by atoms with van der Waals surface area (Å²) in [6, 6.07) is 4.42. The molecule has 0 amide bonds. The fourth-order valence-corrected chi connectivity index (χ4v) is 4.40. The number of pyridine rings is 1. The van der Waals surface area contributed by atoms with Crippen LogP contribution in [0.15, 0.2) is 18.3 Å². The standard InChI is InChI=1S/C15H21ClN2/c1-14(2)10-6-7-15(3,8-10)13(14)18-11-4-5-12(16)17-9-11/h4-5,9-10,13,18H,6-8H2,1-3H3/t10-,13?,15+/m0/s1. The normalized spacial score (nSPS) is 36.9. The highest BCUT2D eigenvalue weighted by Crippen LogP contribution is 2.63. The highest BCUT2D eigenvalue weighted by Gasteiger charge is 2.59. The van der Waals surface area contributed by atoms with Gasteiger partial charge in [-0.25, -0.2) is 4.98 Å². The van der Waals surface area contributed by atoms with Crippen LogP contribution in [0.1, 0.15) is 40.0 Å². The van der Waals surface area contributed by atoms with E-state index >= 15 is 0 Å². The maximum Gasteiger partial charge on any atom is 0.129 e. The lowest BCUT2D eigenvalue weighted by Gasteiger charge is -2.43. The zero-order chi connectivity index (χ0) is 13.0. The van der Waals surface area contributed by atoms with Crippen LogP contribution in [-0.2, 0) is 0 Å². The Morgan fingerprint density at radius 1 is 1.33 bits per heavy atom. The van der Waals surface area contributed by atoms with Crippen LogP contribution in [0.2, 0.25) is 5.15 Å². The molecule has 2 fully saturated rings. The third-order valence-electron chi connectivity index (χ3n) is 5.31. The summed E-state index contributed by atoms with van der Waals surface area (Å²) in [5, 5.41) is 4.26. The predicted octanol–water partition coefficient (Wildman–Crippen LogP) is 4.36. The monoisotopic (exact) mass is 264 g/mol. The summed E-state index contributed by atoms with van der Waals surface area (Å²) in [4.78, 5) is 4.16. The van der Waals surface area contributed by atoms with Crippen molar-refractivity contribution in [2.75, 3.05) is 5.32 Å². The van der Waals surface area contributed by atoms with Gasteiger partial charge in [0.15, 0.2) is 0 Å². The Hall–Kier alpha value is -0.760. The first kappa shape index (κ1) is 12.3. The van der Waals surface area contributed by atoms with E-state index in [1.54, 1.807) is 0 Å². The number of nitrogens with one attached hydrogen (secondary N) is 1. The number of aromatic nitrogens is 1. The van der Waals surface area contributed by atoms with Gasteiger partial charge >= 0.3 is 0 Å². The molecule has 2 aliphatic carbocycles. The fourth-order valence-electron chi connectivity index (χ4n) is 4.29. The summed E-state index contributed by atoms with van der Waals surface area (Å²) in [7, 11) is 0. The maximum absolute atomic E-state index is 5.84. The van der Waals surface area contributed by atoms with Crippen molar-refractivity contribution in [3.05, 3.63) is 23.5 Å². The lowest BCUT2D eigenvalue weighted by molar-refractivity contribution is 0.155. The molecule has 0 saturated heterocycles. The largest absolute Gasteiger partial charge is 0.380 e. The van der Waals surface area contributed by atoms with E-state index in [0.717, 1.165) is 11.6 Å². The van der Waals surface area contributed by atoms with E-state index in [4.69, 9.17) is 11.6 Å². The second-order valence-corrected chi connectivity index (χ2v) is 7.25. The first-order valence-electron chi connectivity index (χ1n) is 6.80. The number of rotatable bonds is 2. The lowest BCUT2D eigenvalue weighted by Crippen LogP contribution is -2.45. The molecule has 0 aromatic carbocycles. The van der Waals surface area contributed by atoms with Crippen molar-refractivity contribution < 1.29 is 0 Å². The zero-order valence-electron chi connectivity index (χ0n) is 11.3. The molecule has 2 aliphatic rings. The Balaban J connectivity index is 1.86. The van der Waals surface area contributed by atoms with Gasteiger partial charge in [0.25, 0.3) is 0 Å². The molecule has 0 spiro atoms. The number of halogens is 1. The lowest BCUT2D eigenvalue weighted by atomic mass is 9.68. The van der Waals surface area contributed by atoms with Crippen LogP contribution in [0.3, 0.4) is 0 Å². The molecule has 2 nitrogen and oxygen atoms in total. The van der Waals surface area contributed by atoms with Crippen LogP contribution >= 0.6 is 11.6 Å². The summed E-state index contributed by atoms with van der Waals surface area (Å²) in [6.07, 6.45) is 5.94. The van der Waals surface area contributed by atoms with Gasteiger partial charge in [-0.05, 0) is 48.1 Å². The van der Waals surface area contributed by atoms with E-state index < -0.39 is 0 Å². The van der Waals surface area contributed by atoms with Crippen LogP contribution < -0.4 is 5.32 Å². The number of nitrogens with zero attached hydrogens (tertiary/aromatic N) is 1.